The molecule has 0 unspecified atom stereocenters. The van der Waals surface area contributed by atoms with Crippen LogP contribution in [0.3, 0.4) is 0 Å². The lowest BCUT2D eigenvalue weighted by atomic mass is 10.7. The molecular weight excluding hydrogens is 134 g/mol. The third-order valence-corrected chi connectivity index (χ3v) is 0.837. The van der Waals surface area contributed by atoms with Crippen LogP contribution in [0.2, 0.25) is 0 Å². The average Bonchev–Trinajstić information content (AvgIpc) is 2.31. The van der Waals surface area contributed by atoms with E-state index in [9.17, 15) is 0 Å². The Balaban J connectivity index is 2.66. The predicted molar refractivity (Wildman–Crippen MR) is 31.9 cm³/mol. The molecule has 0 spiro atoms. The number of azide groups is 1. The summed E-state index contributed by atoms with van der Waals surface area (Å²) in [6.07, 6.45) is 0. The van der Waals surface area contributed by atoms with Gasteiger partial charge in [-0.2, -0.15) is 0 Å². The standard InChI is InChI=1S/C4H5N5O/c1-3-7-8-4(10-3)2-6-9-5/h2H2,1H3. The molecule has 1 heterocycles. The molecule has 10 heavy (non-hydrogen) atoms. The first-order valence-corrected chi connectivity index (χ1v) is 2.63. The molecule has 6 nitrogen and oxygen atoms in total. The Morgan fingerprint density at radius 2 is 2.50 bits per heavy atom. The molecule has 0 aliphatic carbocycles. The Kier molecular flexibility index (Phi) is 1.86. The van der Waals surface area contributed by atoms with E-state index in [0.29, 0.717) is 11.8 Å². The van der Waals surface area contributed by atoms with E-state index in [1.54, 1.807) is 6.92 Å². The summed E-state index contributed by atoms with van der Waals surface area (Å²) in [5, 5.41) is 10.4. The third kappa shape index (κ3) is 1.46. The Bertz CT molecular complexity index is 260. The molecule has 0 saturated carbocycles. The molecule has 0 atom stereocenters. The molecule has 0 aliphatic heterocycles. The fourth-order valence-corrected chi connectivity index (χ4v) is 0.494. The highest BCUT2D eigenvalue weighted by atomic mass is 16.4. The van der Waals surface area contributed by atoms with Crippen LogP contribution in [0.25, 0.3) is 10.4 Å². The molecular formula is C4H5N5O. The fourth-order valence-electron chi connectivity index (χ4n) is 0.494. The first-order valence-electron chi connectivity index (χ1n) is 2.63. The zero-order chi connectivity index (χ0) is 7.40. The van der Waals surface area contributed by atoms with Crippen molar-refractivity contribution >= 4 is 0 Å². The van der Waals surface area contributed by atoms with Gasteiger partial charge in [0.25, 0.3) is 0 Å². The molecule has 1 aromatic rings. The molecule has 0 N–H and O–H groups in total. The van der Waals surface area contributed by atoms with Gasteiger partial charge in [-0.3, -0.25) is 0 Å². The van der Waals surface area contributed by atoms with Crippen molar-refractivity contribution in [3.05, 3.63) is 22.2 Å². The van der Waals surface area contributed by atoms with Crippen molar-refractivity contribution < 1.29 is 4.42 Å². The summed E-state index contributed by atoms with van der Waals surface area (Å²) in [5.41, 5.74) is 7.90. The molecule has 1 rings (SSSR count). The minimum atomic E-state index is 0.122. The van der Waals surface area contributed by atoms with E-state index in [4.69, 9.17) is 9.95 Å². The maximum atomic E-state index is 7.90. The highest BCUT2D eigenvalue weighted by Gasteiger charge is 1.97. The van der Waals surface area contributed by atoms with Crippen molar-refractivity contribution in [3.63, 3.8) is 0 Å². The van der Waals surface area contributed by atoms with Gasteiger partial charge in [-0.15, -0.1) is 10.2 Å². The van der Waals surface area contributed by atoms with Gasteiger partial charge in [0.2, 0.25) is 11.8 Å². The van der Waals surface area contributed by atoms with Crippen molar-refractivity contribution in [3.8, 4) is 0 Å². The normalized spacial score (nSPS) is 8.90. The molecule has 0 amide bonds. The van der Waals surface area contributed by atoms with Gasteiger partial charge in [-0.25, -0.2) is 0 Å². The maximum Gasteiger partial charge on any atom is 0.222 e. The second kappa shape index (κ2) is 2.84. The van der Waals surface area contributed by atoms with Gasteiger partial charge in [0.1, 0.15) is 6.54 Å². The number of aromatic nitrogens is 2. The molecule has 0 aliphatic rings. The van der Waals surface area contributed by atoms with E-state index in [0.717, 1.165) is 0 Å². The van der Waals surface area contributed by atoms with Gasteiger partial charge in [0.05, 0.1) is 0 Å². The average molecular weight is 139 g/mol. The predicted octanol–water partition coefficient (Wildman–Crippen LogP) is 1.19. The molecule has 0 bridgehead atoms. The van der Waals surface area contributed by atoms with Crippen LogP contribution in [0.4, 0.5) is 0 Å². The van der Waals surface area contributed by atoms with Crippen molar-refractivity contribution in [2.24, 2.45) is 5.11 Å². The summed E-state index contributed by atoms with van der Waals surface area (Å²) in [4.78, 5) is 2.54. The van der Waals surface area contributed by atoms with E-state index >= 15 is 0 Å². The Labute approximate surface area is 56.5 Å². The molecule has 0 saturated heterocycles. The zero-order valence-corrected chi connectivity index (χ0v) is 5.35. The molecule has 6 heteroatoms. The van der Waals surface area contributed by atoms with E-state index in [2.05, 4.69) is 20.2 Å². The summed E-state index contributed by atoms with van der Waals surface area (Å²) in [5.74, 6) is 0.818. The number of aryl methyl sites for hydroxylation is 1. The Hall–Kier alpha value is -1.55. The Morgan fingerprint density at radius 1 is 1.70 bits per heavy atom. The van der Waals surface area contributed by atoms with Crippen molar-refractivity contribution in [1.82, 2.24) is 10.2 Å². The number of rotatable bonds is 2. The van der Waals surface area contributed by atoms with E-state index in [1.165, 1.54) is 0 Å². The van der Waals surface area contributed by atoms with Gasteiger partial charge in [0.15, 0.2) is 0 Å². The molecule has 0 radical (unpaired) electrons. The lowest BCUT2D eigenvalue weighted by molar-refractivity contribution is 0.469. The van der Waals surface area contributed by atoms with E-state index < -0.39 is 0 Å². The van der Waals surface area contributed by atoms with Gasteiger partial charge in [-0.1, -0.05) is 5.11 Å². The van der Waals surface area contributed by atoms with Crippen LogP contribution >= 0.6 is 0 Å². The van der Waals surface area contributed by atoms with Gasteiger partial charge >= 0.3 is 0 Å². The maximum absolute atomic E-state index is 7.90. The zero-order valence-electron chi connectivity index (χ0n) is 5.35. The van der Waals surface area contributed by atoms with E-state index in [1.807, 2.05) is 0 Å². The van der Waals surface area contributed by atoms with Crippen molar-refractivity contribution in [1.29, 1.82) is 0 Å². The SMILES string of the molecule is Cc1nnc(CN=[N+]=[N-])o1. The minimum absolute atomic E-state index is 0.122. The van der Waals surface area contributed by atoms with Crippen molar-refractivity contribution in [2.45, 2.75) is 13.5 Å². The number of hydrogen-bond acceptors (Lipinski definition) is 4. The quantitative estimate of drug-likeness (QED) is 0.350. The molecule has 52 valence electrons. The second-order valence-electron chi connectivity index (χ2n) is 1.60. The summed E-state index contributed by atoms with van der Waals surface area (Å²) in [6.45, 7) is 1.80. The second-order valence-corrected chi connectivity index (χ2v) is 1.60. The number of hydrogen-bond donors (Lipinski definition) is 0. The van der Waals surface area contributed by atoms with E-state index in [-0.39, 0.29) is 6.54 Å². The Morgan fingerprint density at radius 3 is 3.00 bits per heavy atom. The summed E-state index contributed by atoms with van der Waals surface area (Å²) >= 11 is 0. The highest BCUT2D eigenvalue weighted by Crippen LogP contribution is 1.98. The van der Waals surface area contributed by atoms with Gasteiger partial charge < -0.3 is 4.42 Å². The third-order valence-electron chi connectivity index (χ3n) is 0.837. The van der Waals surface area contributed by atoms with Crippen LogP contribution in [0.5, 0.6) is 0 Å². The molecule has 1 aromatic heterocycles. The molecule has 0 aromatic carbocycles. The fraction of sp³-hybridized carbons (Fsp3) is 0.500. The van der Waals surface area contributed by atoms with Crippen LogP contribution < -0.4 is 0 Å². The van der Waals surface area contributed by atoms with Gasteiger partial charge in [0, 0.05) is 11.8 Å². The lowest BCUT2D eigenvalue weighted by Crippen LogP contribution is -1.77. The smallest absolute Gasteiger partial charge is 0.222 e. The van der Waals surface area contributed by atoms with Crippen molar-refractivity contribution in [2.75, 3.05) is 0 Å². The first-order chi connectivity index (χ1) is 4.83. The molecule has 0 fully saturated rings. The summed E-state index contributed by atoms with van der Waals surface area (Å²) < 4.78 is 4.90. The van der Waals surface area contributed by atoms with Crippen LogP contribution in [0, 0.1) is 6.92 Å². The highest BCUT2D eigenvalue weighted by molar-refractivity contribution is 4.77. The first kappa shape index (κ1) is 6.57. The van der Waals surface area contributed by atoms with Crippen LogP contribution in [0.1, 0.15) is 11.8 Å². The lowest BCUT2D eigenvalue weighted by Gasteiger charge is -1.78. The monoisotopic (exact) mass is 139 g/mol. The minimum Gasteiger partial charge on any atom is -0.425 e. The van der Waals surface area contributed by atoms with Gasteiger partial charge in [-0.05, 0) is 5.53 Å². The largest absolute Gasteiger partial charge is 0.425 e. The van der Waals surface area contributed by atoms with Crippen LogP contribution in [-0.2, 0) is 6.54 Å². The summed E-state index contributed by atoms with van der Waals surface area (Å²) in [6, 6.07) is 0. The van der Waals surface area contributed by atoms with Crippen LogP contribution in [0.15, 0.2) is 9.53 Å². The topological polar surface area (TPSA) is 87.7 Å². The number of nitrogens with zero attached hydrogens (tertiary/aromatic N) is 5. The van der Waals surface area contributed by atoms with Crippen LogP contribution in [-0.4, -0.2) is 10.2 Å². The summed E-state index contributed by atoms with van der Waals surface area (Å²) in [7, 11) is 0.